The van der Waals surface area contributed by atoms with Gasteiger partial charge < -0.3 is 9.30 Å². The van der Waals surface area contributed by atoms with Crippen LogP contribution < -0.4 is 5.56 Å². The van der Waals surface area contributed by atoms with E-state index in [9.17, 15) is 9.59 Å². The van der Waals surface area contributed by atoms with E-state index in [2.05, 4.69) is 5.10 Å². The van der Waals surface area contributed by atoms with Crippen molar-refractivity contribution in [2.24, 2.45) is 0 Å². The lowest BCUT2D eigenvalue weighted by Gasteiger charge is -2.08. The third kappa shape index (κ3) is 1.82. The average Bonchev–Trinajstić information content (AvgIpc) is 2.79. The zero-order valence-corrected chi connectivity index (χ0v) is 9.71. The van der Waals surface area contributed by atoms with E-state index in [0.29, 0.717) is 12.2 Å². The van der Waals surface area contributed by atoms with E-state index in [4.69, 9.17) is 4.74 Å². The molecule has 0 aliphatic rings. The van der Waals surface area contributed by atoms with Gasteiger partial charge in [0.2, 0.25) is 0 Å². The Bertz CT molecular complexity index is 612. The van der Waals surface area contributed by atoms with Gasteiger partial charge in [-0.25, -0.2) is 4.79 Å². The molecule has 0 aromatic carbocycles. The van der Waals surface area contributed by atoms with Crippen LogP contribution >= 0.6 is 0 Å². The fourth-order valence-electron chi connectivity index (χ4n) is 1.66. The second-order valence-electron chi connectivity index (χ2n) is 3.46. The van der Waals surface area contributed by atoms with Crippen molar-refractivity contribution in [1.82, 2.24) is 14.2 Å². The molecule has 6 nitrogen and oxygen atoms in total. The topological polar surface area (TPSA) is 65.6 Å². The minimum absolute atomic E-state index is 0.00454. The summed E-state index contributed by atoms with van der Waals surface area (Å²) in [7, 11) is 0. The molecule has 0 amide bonds. The van der Waals surface area contributed by atoms with Gasteiger partial charge in [-0.15, -0.1) is 0 Å². The highest BCUT2D eigenvalue weighted by molar-refractivity contribution is 5.88. The second-order valence-corrected chi connectivity index (χ2v) is 3.46. The van der Waals surface area contributed by atoms with Gasteiger partial charge in [0, 0.05) is 18.8 Å². The van der Waals surface area contributed by atoms with Gasteiger partial charge in [-0.2, -0.15) is 9.61 Å². The van der Waals surface area contributed by atoms with E-state index >= 15 is 0 Å². The number of ether oxygens (including phenoxy) is 1. The molecule has 0 atom stereocenters. The van der Waals surface area contributed by atoms with E-state index in [0.717, 1.165) is 0 Å². The van der Waals surface area contributed by atoms with Crippen LogP contribution in [0.3, 0.4) is 0 Å². The number of rotatable bonds is 3. The van der Waals surface area contributed by atoms with Crippen LogP contribution in [0.1, 0.15) is 24.2 Å². The second kappa shape index (κ2) is 4.40. The fourth-order valence-corrected chi connectivity index (χ4v) is 1.66. The first kappa shape index (κ1) is 11.4. The molecule has 0 aliphatic heterocycles. The van der Waals surface area contributed by atoms with Crippen LogP contribution in [0.5, 0.6) is 0 Å². The third-order valence-electron chi connectivity index (χ3n) is 2.46. The summed E-state index contributed by atoms with van der Waals surface area (Å²) in [4.78, 5) is 23.6. The van der Waals surface area contributed by atoms with Gasteiger partial charge in [0.05, 0.1) is 12.8 Å². The molecule has 0 bridgehead atoms. The number of aryl methyl sites for hydroxylation is 1. The molecule has 2 aromatic heterocycles. The van der Waals surface area contributed by atoms with E-state index in [-0.39, 0.29) is 12.2 Å². The monoisotopic (exact) mass is 235 g/mol. The molecule has 0 N–H and O–H groups in total. The molecule has 0 spiro atoms. The first-order chi connectivity index (χ1) is 8.19. The molecule has 0 saturated carbocycles. The van der Waals surface area contributed by atoms with Crippen molar-refractivity contribution in [2.75, 3.05) is 6.61 Å². The molecular formula is C11H13N3O3. The Hall–Kier alpha value is -2.11. The van der Waals surface area contributed by atoms with Crippen LogP contribution in [0.25, 0.3) is 5.65 Å². The summed E-state index contributed by atoms with van der Waals surface area (Å²) >= 11 is 0. The normalized spacial score (nSPS) is 10.7. The molecule has 6 heteroatoms. The van der Waals surface area contributed by atoms with Crippen molar-refractivity contribution in [2.45, 2.75) is 20.4 Å². The number of carbonyl (C=O) groups excluding carboxylic acids is 1. The summed E-state index contributed by atoms with van der Waals surface area (Å²) in [5, 5.41) is 3.91. The molecular weight excluding hydrogens is 222 g/mol. The van der Waals surface area contributed by atoms with Gasteiger partial charge in [-0.3, -0.25) is 4.79 Å². The molecule has 0 aliphatic carbocycles. The number of aromatic nitrogens is 3. The number of fused-ring (bicyclic) bond motifs is 1. The minimum Gasteiger partial charge on any atom is -0.462 e. The summed E-state index contributed by atoms with van der Waals surface area (Å²) < 4.78 is 7.82. The summed E-state index contributed by atoms with van der Waals surface area (Å²) in [6, 6.07) is 1.72. The minimum atomic E-state index is -0.614. The van der Waals surface area contributed by atoms with Gasteiger partial charge >= 0.3 is 5.97 Å². The number of hydrogen-bond donors (Lipinski definition) is 0. The molecule has 90 valence electrons. The Morgan fingerprint density at radius 2 is 2.24 bits per heavy atom. The van der Waals surface area contributed by atoms with Crippen molar-refractivity contribution in [3.05, 3.63) is 34.4 Å². The van der Waals surface area contributed by atoms with Crippen molar-refractivity contribution in [3.8, 4) is 0 Å². The van der Waals surface area contributed by atoms with Gasteiger partial charge in [0.25, 0.3) is 5.56 Å². The van der Waals surface area contributed by atoms with Crippen LogP contribution in [0.4, 0.5) is 0 Å². The van der Waals surface area contributed by atoms with Crippen LogP contribution in [0.2, 0.25) is 0 Å². The Morgan fingerprint density at radius 1 is 1.47 bits per heavy atom. The largest absolute Gasteiger partial charge is 0.462 e. The Kier molecular flexibility index (Phi) is 2.95. The SMILES string of the molecule is CCOC(=O)c1cn(CC)c2ccnn2c1=O. The van der Waals surface area contributed by atoms with Crippen molar-refractivity contribution in [3.63, 3.8) is 0 Å². The van der Waals surface area contributed by atoms with Gasteiger partial charge in [0.15, 0.2) is 0 Å². The zero-order valence-electron chi connectivity index (χ0n) is 9.71. The van der Waals surface area contributed by atoms with E-state index in [1.807, 2.05) is 6.92 Å². The van der Waals surface area contributed by atoms with Crippen molar-refractivity contribution in [1.29, 1.82) is 0 Å². The van der Waals surface area contributed by atoms with Crippen LogP contribution in [0.15, 0.2) is 23.3 Å². The Labute approximate surface area is 97.4 Å². The molecule has 0 saturated heterocycles. The maximum absolute atomic E-state index is 12.0. The number of nitrogens with zero attached hydrogens (tertiary/aromatic N) is 3. The molecule has 2 aromatic rings. The van der Waals surface area contributed by atoms with Gasteiger partial charge in [-0.1, -0.05) is 0 Å². The first-order valence-corrected chi connectivity index (χ1v) is 5.43. The fraction of sp³-hybridized carbons (Fsp3) is 0.364. The standard InChI is InChI=1S/C11H13N3O3/c1-3-13-7-8(11(16)17-4-2)10(15)14-9(13)5-6-12-14/h5-7H,3-4H2,1-2H3. The van der Waals surface area contributed by atoms with Crippen molar-refractivity contribution >= 4 is 11.6 Å². The molecule has 2 rings (SSSR count). The average molecular weight is 235 g/mol. The highest BCUT2D eigenvalue weighted by atomic mass is 16.5. The molecule has 0 radical (unpaired) electrons. The van der Waals surface area contributed by atoms with Gasteiger partial charge in [0.1, 0.15) is 11.2 Å². The quantitative estimate of drug-likeness (QED) is 0.734. The first-order valence-electron chi connectivity index (χ1n) is 5.43. The highest BCUT2D eigenvalue weighted by Crippen LogP contribution is 2.03. The molecule has 0 fully saturated rings. The Balaban J connectivity index is 2.68. The maximum atomic E-state index is 12.0. The van der Waals surface area contributed by atoms with E-state index in [1.54, 1.807) is 17.6 Å². The summed E-state index contributed by atoms with van der Waals surface area (Å²) in [6.45, 7) is 4.50. The summed E-state index contributed by atoms with van der Waals surface area (Å²) in [6.07, 6.45) is 3.04. The number of esters is 1. The van der Waals surface area contributed by atoms with Crippen LogP contribution in [-0.4, -0.2) is 26.8 Å². The lowest BCUT2D eigenvalue weighted by atomic mass is 10.3. The van der Waals surface area contributed by atoms with E-state index in [1.165, 1.54) is 16.9 Å². The molecule has 17 heavy (non-hydrogen) atoms. The predicted molar refractivity (Wildman–Crippen MR) is 61.1 cm³/mol. The van der Waals surface area contributed by atoms with Gasteiger partial charge in [-0.05, 0) is 13.8 Å². The van der Waals surface area contributed by atoms with Crippen LogP contribution in [0, 0.1) is 0 Å². The highest BCUT2D eigenvalue weighted by Gasteiger charge is 2.16. The molecule has 2 heterocycles. The Morgan fingerprint density at radius 3 is 2.88 bits per heavy atom. The smallest absolute Gasteiger partial charge is 0.345 e. The maximum Gasteiger partial charge on any atom is 0.345 e. The lowest BCUT2D eigenvalue weighted by Crippen LogP contribution is -2.26. The number of carbonyl (C=O) groups is 1. The summed E-state index contributed by atoms with van der Waals surface area (Å²) in [5.41, 5.74) is 0.212. The summed E-state index contributed by atoms with van der Waals surface area (Å²) in [5.74, 6) is -0.614. The molecule has 0 unspecified atom stereocenters. The number of hydrogen-bond acceptors (Lipinski definition) is 4. The predicted octanol–water partition coefficient (Wildman–Crippen LogP) is 0.693. The lowest BCUT2D eigenvalue weighted by molar-refractivity contribution is 0.0523. The third-order valence-corrected chi connectivity index (χ3v) is 2.46. The van der Waals surface area contributed by atoms with Crippen LogP contribution in [-0.2, 0) is 11.3 Å². The zero-order chi connectivity index (χ0) is 12.4. The van der Waals surface area contributed by atoms with Crippen molar-refractivity contribution < 1.29 is 9.53 Å². The van der Waals surface area contributed by atoms with E-state index < -0.39 is 11.5 Å².